The zero-order valence-corrected chi connectivity index (χ0v) is 12.5. The number of rotatable bonds is 2. The Kier molecular flexibility index (Phi) is 5.41. The molecule has 0 heterocycles. The van der Waals surface area contributed by atoms with Gasteiger partial charge in [0.15, 0.2) is 0 Å². The first kappa shape index (κ1) is 16.2. The molecule has 4 nitrogen and oxygen atoms in total. The van der Waals surface area contributed by atoms with Crippen molar-refractivity contribution in [2.75, 3.05) is 13.7 Å². The van der Waals surface area contributed by atoms with E-state index in [-0.39, 0.29) is 17.9 Å². The number of aliphatic hydroxyl groups is 1. The second-order valence-corrected chi connectivity index (χ2v) is 4.51. The van der Waals surface area contributed by atoms with Crippen LogP contribution in [0.3, 0.4) is 0 Å². The van der Waals surface area contributed by atoms with Crippen molar-refractivity contribution < 1.29 is 19.7 Å². The number of aliphatic hydroxyl groups excluding tert-OH is 1. The van der Waals surface area contributed by atoms with E-state index in [9.17, 15) is 4.79 Å². The lowest BCUT2D eigenvalue weighted by Gasteiger charge is -2.04. The van der Waals surface area contributed by atoms with Crippen LogP contribution in [0.25, 0.3) is 0 Å². The molecule has 0 saturated heterocycles. The summed E-state index contributed by atoms with van der Waals surface area (Å²) in [6.45, 7) is -0.171. The minimum Gasteiger partial charge on any atom is -0.496 e. The standard InChI is InChI=1S/C19H14O4/c1-23-18-13-16(10-11-17(18)19(21)22)9-8-15-6-4-14(5-7-15)3-2-12-20/h4-7,10-11,13,20H,12H2,1H3,(H,21,22). The van der Waals surface area contributed by atoms with E-state index < -0.39 is 5.97 Å². The highest BCUT2D eigenvalue weighted by Gasteiger charge is 2.10. The largest absolute Gasteiger partial charge is 0.496 e. The third-order valence-corrected chi connectivity index (χ3v) is 2.98. The second kappa shape index (κ2) is 7.70. The average Bonchev–Trinajstić information content (AvgIpc) is 2.58. The van der Waals surface area contributed by atoms with Crippen molar-refractivity contribution in [1.29, 1.82) is 0 Å². The summed E-state index contributed by atoms with van der Waals surface area (Å²) in [7, 11) is 1.42. The molecule has 0 radical (unpaired) electrons. The number of carboxylic acid groups (broad SMARTS) is 1. The molecule has 0 fully saturated rings. The summed E-state index contributed by atoms with van der Waals surface area (Å²) in [6, 6.07) is 12.0. The van der Waals surface area contributed by atoms with Gasteiger partial charge in [-0.1, -0.05) is 23.7 Å². The van der Waals surface area contributed by atoms with E-state index in [1.807, 2.05) is 24.3 Å². The summed E-state index contributed by atoms with van der Waals surface area (Å²) >= 11 is 0. The van der Waals surface area contributed by atoms with E-state index in [4.69, 9.17) is 14.9 Å². The van der Waals surface area contributed by atoms with E-state index in [2.05, 4.69) is 23.7 Å². The monoisotopic (exact) mass is 306 g/mol. The first-order chi connectivity index (χ1) is 11.1. The van der Waals surface area contributed by atoms with Crippen molar-refractivity contribution in [2.45, 2.75) is 0 Å². The van der Waals surface area contributed by atoms with Crippen LogP contribution in [0, 0.1) is 23.7 Å². The fraction of sp³-hybridized carbons (Fsp3) is 0.105. The summed E-state index contributed by atoms with van der Waals surface area (Å²) in [6.07, 6.45) is 0. The van der Waals surface area contributed by atoms with Gasteiger partial charge in [-0.2, -0.15) is 0 Å². The van der Waals surface area contributed by atoms with Crippen LogP contribution in [0.15, 0.2) is 42.5 Å². The fourth-order valence-corrected chi connectivity index (χ4v) is 1.87. The number of ether oxygens (including phenoxy) is 1. The Morgan fingerprint density at radius 3 is 2.13 bits per heavy atom. The Labute approximate surface area is 134 Å². The summed E-state index contributed by atoms with van der Waals surface area (Å²) in [4.78, 5) is 11.0. The Morgan fingerprint density at radius 1 is 1.00 bits per heavy atom. The molecule has 114 valence electrons. The van der Waals surface area contributed by atoms with Gasteiger partial charge in [-0.25, -0.2) is 4.79 Å². The van der Waals surface area contributed by atoms with Crippen LogP contribution >= 0.6 is 0 Å². The molecule has 0 amide bonds. The van der Waals surface area contributed by atoms with Gasteiger partial charge in [0.05, 0.1) is 7.11 Å². The number of aromatic carboxylic acids is 1. The third-order valence-electron chi connectivity index (χ3n) is 2.98. The zero-order valence-electron chi connectivity index (χ0n) is 12.5. The number of hydrogen-bond acceptors (Lipinski definition) is 3. The number of carbonyl (C=O) groups is 1. The van der Waals surface area contributed by atoms with E-state index in [0.717, 1.165) is 11.1 Å². The van der Waals surface area contributed by atoms with Gasteiger partial charge >= 0.3 is 5.97 Å². The van der Waals surface area contributed by atoms with Gasteiger partial charge in [0.2, 0.25) is 0 Å². The molecule has 4 heteroatoms. The lowest BCUT2D eigenvalue weighted by atomic mass is 10.1. The molecule has 2 aromatic rings. The number of methoxy groups -OCH3 is 1. The van der Waals surface area contributed by atoms with Crippen LogP contribution < -0.4 is 4.74 Å². The fourth-order valence-electron chi connectivity index (χ4n) is 1.87. The van der Waals surface area contributed by atoms with E-state index in [1.54, 1.807) is 12.1 Å². The Bertz CT molecular complexity index is 828. The normalized spacial score (nSPS) is 9.13. The molecule has 0 aliphatic heterocycles. The summed E-state index contributed by atoms with van der Waals surface area (Å²) < 4.78 is 5.07. The smallest absolute Gasteiger partial charge is 0.339 e. The van der Waals surface area contributed by atoms with Gasteiger partial charge in [0.1, 0.15) is 17.9 Å². The van der Waals surface area contributed by atoms with Crippen molar-refractivity contribution in [1.82, 2.24) is 0 Å². The lowest BCUT2D eigenvalue weighted by Crippen LogP contribution is -2.00. The maximum Gasteiger partial charge on any atom is 0.339 e. The molecule has 23 heavy (non-hydrogen) atoms. The average molecular weight is 306 g/mol. The van der Waals surface area contributed by atoms with Crippen molar-refractivity contribution in [3.8, 4) is 29.4 Å². The van der Waals surface area contributed by atoms with E-state index >= 15 is 0 Å². The number of carboxylic acids is 1. The number of benzene rings is 2. The van der Waals surface area contributed by atoms with E-state index in [1.165, 1.54) is 13.2 Å². The lowest BCUT2D eigenvalue weighted by molar-refractivity contribution is 0.0693. The van der Waals surface area contributed by atoms with Crippen LogP contribution in [0.2, 0.25) is 0 Å². The highest BCUT2D eigenvalue weighted by Crippen LogP contribution is 2.19. The van der Waals surface area contributed by atoms with Crippen molar-refractivity contribution >= 4 is 5.97 Å². The Morgan fingerprint density at radius 2 is 1.57 bits per heavy atom. The van der Waals surface area contributed by atoms with Gasteiger partial charge in [-0.05, 0) is 42.5 Å². The first-order valence-electron chi connectivity index (χ1n) is 6.77. The van der Waals surface area contributed by atoms with Gasteiger partial charge in [0.25, 0.3) is 0 Å². The van der Waals surface area contributed by atoms with E-state index in [0.29, 0.717) is 5.56 Å². The maximum atomic E-state index is 11.0. The third kappa shape index (κ3) is 4.38. The van der Waals surface area contributed by atoms with Crippen LogP contribution in [0.5, 0.6) is 5.75 Å². The highest BCUT2D eigenvalue weighted by atomic mass is 16.5. The van der Waals surface area contributed by atoms with Crippen LogP contribution in [-0.4, -0.2) is 29.9 Å². The van der Waals surface area contributed by atoms with Gasteiger partial charge in [-0.15, -0.1) is 0 Å². The molecule has 0 aromatic heterocycles. The van der Waals surface area contributed by atoms with Crippen LogP contribution in [0.4, 0.5) is 0 Å². The summed E-state index contributed by atoms with van der Waals surface area (Å²) in [5.41, 5.74) is 2.37. The van der Waals surface area contributed by atoms with Gasteiger partial charge in [-0.3, -0.25) is 0 Å². The molecule has 0 aliphatic carbocycles. The predicted molar refractivity (Wildman–Crippen MR) is 86.3 cm³/mol. The molecular weight excluding hydrogens is 292 g/mol. The first-order valence-corrected chi connectivity index (χ1v) is 6.77. The molecule has 0 saturated carbocycles. The van der Waals surface area contributed by atoms with Crippen molar-refractivity contribution in [2.24, 2.45) is 0 Å². The van der Waals surface area contributed by atoms with Gasteiger partial charge in [0, 0.05) is 16.7 Å². The molecule has 0 spiro atoms. The van der Waals surface area contributed by atoms with Gasteiger partial charge < -0.3 is 14.9 Å². The minimum absolute atomic E-state index is 0.102. The summed E-state index contributed by atoms with van der Waals surface area (Å²) in [5, 5.41) is 17.7. The van der Waals surface area contributed by atoms with Crippen LogP contribution in [-0.2, 0) is 0 Å². The molecule has 0 unspecified atom stereocenters. The topological polar surface area (TPSA) is 66.8 Å². The molecule has 0 bridgehead atoms. The zero-order chi connectivity index (χ0) is 16.7. The molecule has 2 rings (SSSR count). The Balaban J connectivity index is 2.23. The predicted octanol–water partition coefficient (Wildman–Crippen LogP) is 2.14. The number of hydrogen-bond donors (Lipinski definition) is 2. The van der Waals surface area contributed by atoms with Crippen molar-refractivity contribution in [3.05, 3.63) is 64.7 Å². The molecule has 2 N–H and O–H groups in total. The van der Waals surface area contributed by atoms with Crippen molar-refractivity contribution in [3.63, 3.8) is 0 Å². The maximum absolute atomic E-state index is 11.0. The summed E-state index contributed by atoms with van der Waals surface area (Å²) in [5.74, 6) is 10.6. The molecule has 0 aliphatic rings. The second-order valence-electron chi connectivity index (χ2n) is 4.51. The molecular formula is C19H14O4. The van der Waals surface area contributed by atoms with Crippen LogP contribution in [0.1, 0.15) is 27.0 Å². The quantitative estimate of drug-likeness (QED) is 0.834. The highest BCUT2D eigenvalue weighted by molar-refractivity contribution is 5.91. The molecule has 2 aromatic carbocycles. The Hall–Kier alpha value is -3.21. The SMILES string of the molecule is COc1cc(C#Cc2ccc(C#CCO)cc2)ccc1C(=O)O. The minimum atomic E-state index is -1.04. The molecule has 0 atom stereocenters.